The Bertz CT molecular complexity index is 511. The molecule has 0 atom stereocenters. The Kier molecular flexibility index (Phi) is 3.53. The molecule has 2 heteroatoms. The van der Waals surface area contributed by atoms with Crippen LogP contribution >= 0.6 is 0 Å². The van der Waals surface area contributed by atoms with Crippen LogP contribution in [0.5, 0.6) is 0 Å². The van der Waals surface area contributed by atoms with Crippen molar-refractivity contribution in [3.05, 3.63) is 35.1 Å². The highest BCUT2D eigenvalue weighted by molar-refractivity contribution is 5.87. The highest BCUT2D eigenvalue weighted by atomic mass is 16.3. The van der Waals surface area contributed by atoms with Gasteiger partial charge in [-0.15, -0.1) is 0 Å². The number of rotatable bonds is 4. The number of hydrogen-bond acceptors (Lipinski definition) is 2. The Labute approximate surface area is 103 Å². The van der Waals surface area contributed by atoms with Crippen molar-refractivity contribution in [3.8, 4) is 0 Å². The molecule has 0 spiro atoms. The fraction of sp³-hybridized carbons (Fsp3) is 0.467. The molecule has 0 amide bonds. The standard InChI is InChI=1S/C15H21NO/c1-5-16-8-12-9-17-15-11(4)6-7-13(10(2)3)14(12)15/h6-7,9-10,16H,5,8H2,1-4H3. The molecular weight excluding hydrogens is 210 g/mol. The predicted molar refractivity (Wildman–Crippen MR) is 72.4 cm³/mol. The molecule has 2 aromatic rings. The van der Waals surface area contributed by atoms with Gasteiger partial charge in [-0.25, -0.2) is 0 Å². The molecule has 0 saturated carbocycles. The fourth-order valence-corrected chi connectivity index (χ4v) is 2.24. The average Bonchev–Trinajstić information content (AvgIpc) is 2.71. The van der Waals surface area contributed by atoms with Gasteiger partial charge in [0, 0.05) is 17.5 Å². The number of nitrogens with one attached hydrogen (secondary N) is 1. The SMILES string of the molecule is CCNCc1coc2c(C)ccc(C(C)C)c12. The monoisotopic (exact) mass is 231 g/mol. The molecule has 0 radical (unpaired) electrons. The summed E-state index contributed by atoms with van der Waals surface area (Å²) in [6, 6.07) is 4.38. The molecular formula is C15H21NO. The zero-order valence-corrected chi connectivity index (χ0v) is 11.1. The van der Waals surface area contributed by atoms with Gasteiger partial charge in [0.05, 0.1) is 6.26 Å². The average molecular weight is 231 g/mol. The maximum atomic E-state index is 5.73. The first-order valence-electron chi connectivity index (χ1n) is 6.35. The zero-order chi connectivity index (χ0) is 12.4. The number of aryl methyl sites for hydroxylation is 1. The van der Waals surface area contributed by atoms with Crippen LogP contribution in [0.1, 0.15) is 43.4 Å². The van der Waals surface area contributed by atoms with E-state index in [1.165, 1.54) is 22.1 Å². The van der Waals surface area contributed by atoms with Crippen molar-refractivity contribution >= 4 is 11.0 Å². The minimum absolute atomic E-state index is 0.524. The Morgan fingerprint density at radius 2 is 2.06 bits per heavy atom. The molecule has 0 aliphatic carbocycles. The van der Waals surface area contributed by atoms with Gasteiger partial charge < -0.3 is 9.73 Å². The first-order chi connectivity index (χ1) is 8.15. The molecule has 92 valence electrons. The van der Waals surface area contributed by atoms with E-state index in [0.29, 0.717) is 5.92 Å². The highest BCUT2D eigenvalue weighted by Crippen LogP contribution is 2.32. The van der Waals surface area contributed by atoms with Crippen molar-refractivity contribution in [2.45, 2.75) is 40.2 Å². The topological polar surface area (TPSA) is 25.2 Å². The quantitative estimate of drug-likeness (QED) is 0.861. The van der Waals surface area contributed by atoms with Crippen LogP contribution in [0.25, 0.3) is 11.0 Å². The van der Waals surface area contributed by atoms with Crippen molar-refractivity contribution < 1.29 is 4.42 Å². The van der Waals surface area contributed by atoms with E-state index in [-0.39, 0.29) is 0 Å². The summed E-state index contributed by atoms with van der Waals surface area (Å²) in [6.45, 7) is 10.5. The molecule has 0 saturated heterocycles. The second kappa shape index (κ2) is 4.92. The van der Waals surface area contributed by atoms with E-state index in [9.17, 15) is 0 Å². The zero-order valence-electron chi connectivity index (χ0n) is 11.1. The van der Waals surface area contributed by atoms with E-state index in [0.717, 1.165) is 18.7 Å². The van der Waals surface area contributed by atoms with E-state index >= 15 is 0 Å². The lowest BCUT2D eigenvalue weighted by molar-refractivity contribution is 0.602. The van der Waals surface area contributed by atoms with Crippen LogP contribution in [0.15, 0.2) is 22.8 Å². The third kappa shape index (κ3) is 2.22. The summed E-state index contributed by atoms with van der Waals surface area (Å²) in [7, 11) is 0. The summed E-state index contributed by atoms with van der Waals surface area (Å²) in [5.41, 5.74) is 4.91. The maximum absolute atomic E-state index is 5.73. The lowest BCUT2D eigenvalue weighted by Gasteiger charge is -2.10. The summed E-state index contributed by atoms with van der Waals surface area (Å²) in [4.78, 5) is 0. The van der Waals surface area contributed by atoms with E-state index in [1.54, 1.807) is 0 Å². The molecule has 0 bridgehead atoms. The van der Waals surface area contributed by atoms with Crippen LogP contribution in [0.3, 0.4) is 0 Å². The number of furan rings is 1. The van der Waals surface area contributed by atoms with Crippen LogP contribution < -0.4 is 5.32 Å². The van der Waals surface area contributed by atoms with Crippen molar-refractivity contribution in [1.82, 2.24) is 5.32 Å². The Morgan fingerprint density at radius 1 is 1.29 bits per heavy atom. The van der Waals surface area contributed by atoms with Gasteiger partial charge in [0.2, 0.25) is 0 Å². The predicted octanol–water partition coefficient (Wildman–Crippen LogP) is 3.97. The second-order valence-electron chi connectivity index (χ2n) is 4.87. The highest BCUT2D eigenvalue weighted by Gasteiger charge is 2.14. The van der Waals surface area contributed by atoms with Gasteiger partial charge in [-0.1, -0.05) is 32.9 Å². The van der Waals surface area contributed by atoms with Gasteiger partial charge in [0.15, 0.2) is 0 Å². The van der Waals surface area contributed by atoms with E-state index in [4.69, 9.17) is 4.42 Å². The van der Waals surface area contributed by atoms with Crippen LogP contribution in [0.2, 0.25) is 0 Å². The first kappa shape index (κ1) is 12.2. The molecule has 1 heterocycles. The Balaban J connectivity index is 2.58. The van der Waals surface area contributed by atoms with E-state index < -0.39 is 0 Å². The summed E-state index contributed by atoms with van der Waals surface area (Å²) >= 11 is 0. The molecule has 2 nitrogen and oxygen atoms in total. The lowest BCUT2D eigenvalue weighted by Crippen LogP contribution is -2.11. The van der Waals surface area contributed by atoms with Crippen molar-refractivity contribution in [1.29, 1.82) is 0 Å². The Hall–Kier alpha value is -1.28. The number of benzene rings is 1. The molecule has 0 aliphatic heterocycles. The molecule has 17 heavy (non-hydrogen) atoms. The van der Waals surface area contributed by atoms with E-state index in [2.05, 4.69) is 45.1 Å². The molecule has 1 aromatic heterocycles. The van der Waals surface area contributed by atoms with Crippen molar-refractivity contribution in [3.63, 3.8) is 0 Å². The van der Waals surface area contributed by atoms with Crippen LogP contribution in [-0.2, 0) is 6.54 Å². The molecule has 0 unspecified atom stereocenters. The largest absolute Gasteiger partial charge is 0.464 e. The maximum Gasteiger partial charge on any atom is 0.137 e. The van der Waals surface area contributed by atoms with Crippen molar-refractivity contribution in [2.75, 3.05) is 6.54 Å². The third-order valence-corrected chi connectivity index (χ3v) is 3.21. The first-order valence-corrected chi connectivity index (χ1v) is 6.35. The normalized spacial score (nSPS) is 11.6. The van der Waals surface area contributed by atoms with Crippen LogP contribution in [-0.4, -0.2) is 6.54 Å². The van der Waals surface area contributed by atoms with Gasteiger partial charge in [0.1, 0.15) is 5.58 Å². The van der Waals surface area contributed by atoms with Crippen molar-refractivity contribution in [2.24, 2.45) is 0 Å². The molecule has 1 N–H and O–H groups in total. The van der Waals surface area contributed by atoms with Gasteiger partial charge in [-0.05, 0) is 30.5 Å². The molecule has 1 aromatic carbocycles. The summed E-state index contributed by atoms with van der Waals surface area (Å²) in [5.74, 6) is 0.524. The smallest absolute Gasteiger partial charge is 0.137 e. The van der Waals surface area contributed by atoms with Gasteiger partial charge >= 0.3 is 0 Å². The minimum Gasteiger partial charge on any atom is -0.464 e. The van der Waals surface area contributed by atoms with Gasteiger partial charge in [-0.2, -0.15) is 0 Å². The minimum atomic E-state index is 0.524. The number of hydrogen-bond donors (Lipinski definition) is 1. The summed E-state index contributed by atoms with van der Waals surface area (Å²) < 4.78 is 5.73. The van der Waals surface area contributed by atoms with Gasteiger partial charge in [0.25, 0.3) is 0 Å². The summed E-state index contributed by atoms with van der Waals surface area (Å²) in [6.07, 6.45) is 1.90. The fourth-order valence-electron chi connectivity index (χ4n) is 2.24. The van der Waals surface area contributed by atoms with E-state index in [1.807, 2.05) is 6.26 Å². The lowest BCUT2D eigenvalue weighted by atomic mass is 9.95. The molecule has 0 fully saturated rings. The van der Waals surface area contributed by atoms with Gasteiger partial charge in [-0.3, -0.25) is 0 Å². The summed E-state index contributed by atoms with van der Waals surface area (Å²) in [5, 5.41) is 4.67. The second-order valence-corrected chi connectivity index (χ2v) is 4.87. The molecule has 2 rings (SSSR count). The number of fused-ring (bicyclic) bond motifs is 1. The van der Waals surface area contributed by atoms with Crippen LogP contribution in [0, 0.1) is 6.92 Å². The van der Waals surface area contributed by atoms with Crippen LogP contribution in [0.4, 0.5) is 0 Å². The third-order valence-electron chi connectivity index (χ3n) is 3.21. The Morgan fingerprint density at radius 3 is 2.71 bits per heavy atom. The molecule has 0 aliphatic rings.